The topological polar surface area (TPSA) is 22.0 Å². The van der Waals surface area contributed by atoms with Gasteiger partial charge in [-0.2, -0.15) is 0 Å². The number of aryl methyl sites for hydroxylation is 1. The number of carbonyl (C=O) groups excluding carboxylic acids is 1. The van der Waals surface area contributed by atoms with E-state index in [1.807, 2.05) is 12.3 Å². The van der Waals surface area contributed by atoms with Crippen LogP contribution < -0.4 is 0 Å². The highest BCUT2D eigenvalue weighted by Gasteiger charge is 2.33. The lowest BCUT2D eigenvalue weighted by atomic mass is 9.76. The lowest BCUT2D eigenvalue weighted by Crippen LogP contribution is -2.27. The van der Waals surface area contributed by atoms with Crippen molar-refractivity contribution in [2.75, 3.05) is 0 Å². The van der Waals surface area contributed by atoms with Crippen LogP contribution in [0.2, 0.25) is 0 Å². The minimum Gasteiger partial charge on any atom is -0.320 e. The second kappa shape index (κ2) is 4.59. The van der Waals surface area contributed by atoms with Crippen LogP contribution in [-0.2, 0) is 6.42 Å². The minimum atomic E-state index is 0.0462. The Labute approximate surface area is 127 Å². The summed E-state index contributed by atoms with van der Waals surface area (Å²) < 4.78 is 3.27. The molecule has 1 aromatic heterocycles. The monoisotopic (exact) mass is 331 g/mol. The normalized spacial score (nSPS) is 17.1. The summed E-state index contributed by atoms with van der Waals surface area (Å²) in [5.41, 5.74) is 4.41. The van der Waals surface area contributed by atoms with E-state index in [0.29, 0.717) is 6.42 Å². The third-order valence-electron chi connectivity index (χ3n) is 4.00. The fourth-order valence-corrected chi connectivity index (χ4v) is 3.21. The van der Waals surface area contributed by atoms with Gasteiger partial charge in [0.15, 0.2) is 5.78 Å². The predicted octanol–water partition coefficient (Wildman–Crippen LogP) is 4.70. The second-order valence-electron chi connectivity index (χ2n) is 6.42. The number of benzene rings is 1. The molecule has 3 heteroatoms. The quantitative estimate of drug-likeness (QED) is 0.742. The Hall–Kier alpha value is -1.35. The van der Waals surface area contributed by atoms with Crippen molar-refractivity contribution < 1.29 is 4.79 Å². The first kappa shape index (κ1) is 13.6. The third-order valence-corrected chi connectivity index (χ3v) is 4.89. The number of nitrogens with zero attached hydrogens (tertiary/aromatic N) is 1. The second-order valence-corrected chi connectivity index (χ2v) is 7.27. The molecule has 0 radical (unpaired) electrons. The van der Waals surface area contributed by atoms with Gasteiger partial charge < -0.3 is 4.57 Å². The first-order valence-electron chi connectivity index (χ1n) is 6.87. The van der Waals surface area contributed by atoms with E-state index in [1.165, 1.54) is 5.56 Å². The van der Waals surface area contributed by atoms with Crippen molar-refractivity contribution in [1.29, 1.82) is 0 Å². The highest BCUT2D eigenvalue weighted by Crippen LogP contribution is 2.36. The van der Waals surface area contributed by atoms with E-state index in [0.717, 1.165) is 27.8 Å². The first-order valence-corrected chi connectivity index (χ1v) is 7.67. The van der Waals surface area contributed by atoms with E-state index in [2.05, 4.69) is 59.5 Å². The van der Waals surface area contributed by atoms with Crippen LogP contribution in [0.1, 0.15) is 41.9 Å². The Morgan fingerprint density at radius 1 is 1.20 bits per heavy atom. The molecule has 2 aromatic rings. The molecule has 0 bridgehead atoms. The summed E-state index contributed by atoms with van der Waals surface area (Å²) in [4.78, 5) is 12.2. The van der Waals surface area contributed by atoms with Gasteiger partial charge in [-0.25, -0.2) is 0 Å². The lowest BCUT2D eigenvalue weighted by Gasteiger charge is -2.29. The Kier molecular flexibility index (Phi) is 3.13. The van der Waals surface area contributed by atoms with Crippen molar-refractivity contribution in [3.8, 4) is 5.69 Å². The fraction of sp³-hybridized carbons (Fsp3) is 0.353. The Bertz CT molecular complexity index is 697. The lowest BCUT2D eigenvalue weighted by molar-refractivity contribution is 0.0911. The van der Waals surface area contributed by atoms with E-state index in [-0.39, 0.29) is 11.2 Å². The van der Waals surface area contributed by atoms with Crippen LogP contribution in [-0.4, -0.2) is 10.4 Å². The number of hydrogen-bond donors (Lipinski definition) is 0. The van der Waals surface area contributed by atoms with Crippen LogP contribution in [0.4, 0.5) is 0 Å². The number of halogens is 1. The summed E-state index contributed by atoms with van der Waals surface area (Å²) in [6.07, 6.45) is 3.60. The van der Waals surface area contributed by atoms with Gasteiger partial charge in [0.2, 0.25) is 0 Å². The summed E-state index contributed by atoms with van der Waals surface area (Å²) in [7, 11) is 0. The average molecular weight is 332 g/mol. The Morgan fingerprint density at radius 3 is 2.65 bits per heavy atom. The van der Waals surface area contributed by atoms with Crippen LogP contribution in [0.5, 0.6) is 0 Å². The largest absolute Gasteiger partial charge is 0.320 e. The van der Waals surface area contributed by atoms with Crippen LogP contribution in [0.25, 0.3) is 5.69 Å². The van der Waals surface area contributed by atoms with Crippen LogP contribution in [0.3, 0.4) is 0 Å². The number of hydrogen-bond acceptors (Lipinski definition) is 1. The molecule has 104 valence electrons. The number of aromatic nitrogens is 1. The molecule has 0 amide bonds. The van der Waals surface area contributed by atoms with E-state index >= 15 is 0 Å². The summed E-state index contributed by atoms with van der Waals surface area (Å²) in [6.45, 7) is 6.41. The molecule has 20 heavy (non-hydrogen) atoms. The number of ketones is 1. The molecule has 0 spiro atoms. The molecule has 1 aliphatic rings. The maximum absolute atomic E-state index is 12.2. The van der Waals surface area contributed by atoms with Gasteiger partial charge in [-0.15, -0.1) is 0 Å². The maximum Gasteiger partial charge on any atom is 0.165 e. The highest BCUT2D eigenvalue weighted by atomic mass is 79.9. The van der Waals surface area contributed by atoms with Crippen molar-refractivity contribution in [3.63, 3.8) is 0 Å². The first-order chi connectivity index (χ1) is 9.37. The van der Waals surface area contributed by atoms with Crippen LogP contribution in [0, 0.1) is 12.3 Å². The summed E-state index contributed by atoms with van der Waals surface area (Å²) >= 11 is 3.53. The third kappa shape index (κ3) is 2.24. The molecule has 2 nitrogen and oxygen atoms in total. The smallest absolute Gasteiger partial charge is 0.165 e. The average Bonchev–Trinajstić information content (AvgIpc) is 2.75. The van der Waals surface area contributed by atoms with Crippen molar-refractivity contribution >= 4 is 21.7 Å². The van der Waals surface area contributed by atoms with Gasteiger partial charge in [0, 0.05) is 34.0 Å². The molecular weight excluding hydrogens is 314 g/mol. The SMILES string of the molecule is Cc1cc(-n2ccc3c2CC(C)(C)CC3=O)ccc1Br. The number of carbonyl (C=O) groups is 1. The molecule has 3 rings (SSSR count). The summed E-state index contributed by atoms with van der Waals surface area (Å²) in [5, 5.41) is 0. The van der Waals surface area contributed by atoms with Crippen LogP contribution in [0.15, 0.2) is 34.9 Å². The van der Waals surface area contributed by atoms with E-state index < -0.39 is 0 Å². The van der Waals surface area contributed by atoms with Gasteiger partial charge in [0.25, 0.3) is 0 Å². The predicted molar refractivity (Wildman–Crippen MR) is 84.6 cm³/mol. The van der Waals surface area contributed by atoms with Crippen molar-refractivity contribution in [1.82, 2.24) is 4.57 Å². The number of Topliss-reactive ketones (excluding diaryl/α,β-unsaturated/α-hetero) is 1. The van der Waals surface area contributed by atoms with E-state index in [9.17, 15) is 4.79 Å². The van der Waals surface area contributed by atoms with Gasteiger partial charge in [-0.3, -0.25) is 4.79 Å². The maximum atomic E-state index is 12.2. The van der Waals surface area contributed by atoms with Gasteiger partial charge >= 0.3 is 0 Å². The molecule has 0 atom stereocenters. The van der Waals surface area contributed by atoms with Gasteiger partial charge in [0.1, 0.15) is 0 Å². The van der Waals surface area contributed by atoms with E-state index in [4.69, 9.17) is 0 Å². The Morgan fingerprint density at radius 2 is 1.95 bits per heavy atom. The molecule has 0 fully saturated rings. The van der Waals surface area contributed by atoms with Gasteiger partial charge in [-0.1, -0.05) is 29.8 Å². The zero-order valence-corrected chi connectivity index (χ0v) is 13.6. The highest BCUT2D eigenvalue weighted by molar-refractivity contribution is 9.10. The molecule has 1 heterocycles. The van der Waals surface area contributed by atoms with E-state index in [1.54, 1.807) is 0 Å². The van der Waals surface area contributed by atoms with Crippen LogP contribution >= 0.6 is 15.9 Å². The molecule has 1 aromatic carbocycles. The number of rotatable bonds is 1. The molecule has 0 unspecified atom stereocenters. The molecule has 0 N–H and O–H groups in total. The van der Waals surface area contributed by atoms with Gasteiger partial charge in [-0.05, 0) is 48.6 Å². The minimum absolute atomic E-state index is 0.0462. The fourth-order valence-electron chi connectivity index (χ4n) is 2.97. The van der Waals surface area contributed by atoms with Crippen molar-refractivity contribution in [3.05, 3.63) is 51.8 Å². The zero-order chi connectivity index (χ0) is 14.5. The molecule has 0 saturated heterocycles. The zero-order valence-electron chi connectivity index (χ0n) is 12.0. The van der Waals surface area contributed by atoms with Crippen molar-refractivity contribution in [2.45, 2.75) is 33.6 Å². The standard InChI is InChI=1S/C17H18BrNO/c1-11-8-12(4-5-14(11)18)19-7-6-13-15(19)9-17(2,3)10-16(13)20/h4-8H,9-10H2,1-3H3. The number of fused-ring (bicyclic) bond motifs is 1. The molecular formula is C17H18BrNO. The van der Waals surface area contributed by atoms with Crippen molar-refractivity contribution in [2.24, 2.45) is 5.41 Å². The summed E-state index contributed by atoms with van der Waals surface area (Å²) in [5.74, 6) is 0.267. The Balaban J connectivity index is 2.13. The molecule has 0 saturated carbocycles. The molecule has 1 aliphatic carbocycles. The van der Waals surface area contributed by atoms with Gasteiger partial charge in [0.05, 0.1) is 0 Å². The molecule has 0 aliphatic heterocycles. The summed E-state index contributed by atoms with van der Waals surface area (Å²) in [6, 6.07) is 8.26.